The Hall–Kier alpha value is -2.05. The summed E-state index contributed by atoms with van der Waals surface area (Å²) in [4.78, 5) is 13.5. The second kappa shape index (κ2) is 7.89. The maximum absolute atomic E-state index is 12.3. The van der Waals surface area contributed by atoms with E-state index in [2.05, 4.69) is 11.2 Å². The average Bonchev–Trinajstić information content (AvgIpc) is 3.30. The summed E-state index contributed by atoms with van der Waals surface area (Å²) < 4.78 is 10.9. The predicted octanol–water partition coefficient (Wildman–Crippen LogP) is 3.88. The highest BCUT2D eigenvalue weighted by molar-refractivity contribution is 7.10. The van der Waals surface area contributed by atoms with Crippen molar-refractivity contribution in [2.75, 3.05) is 20.1 Å². The number of hydrogen-bond acceptors (Lipinski definition) is 5. The number of para-hydroxylation sites is 1. The van der Waals surface area contributed by atoms with Crippen molar-refractivity contribution < 1.29 is 14.3 Å². The van der Waals surface area contributed by atoms with Crippen molar-refractivity contribution in [1.82, 2.24) is 5.01 Å². The number of hydrogen-bond donors (Lipinski definition) is 0. The molecule has 0 unspecified atom stereocenters. The number of thiophene rings is 1. The molecule has 1 aromatic heterocycles. The highest BCUT2D eigenvalue weighted by atomic mass is 35.5. The summed E-state index contributed by atoms with van der Waals surface area (Å²) in [6, 6.07) is 9.49. The second-order valence-electron chi connectivity index (χ2n) is 5.60. The van der Waals surface area contributed by atoms with Crippen LogP contribution in [-0.4, -0.2) is 36.7 Å². The largest absolute Gasteiger partial charge is 0.493 e. The minimum absolute atomic E-state index is 0.113. The first-order chi connectivity index (χ1) is 12.2. The van der Waals surface area contributed by atoms with E-state index in [1.165, 1.54) is 9.89 Å². The number of amides is 1. The zero-order valence-corrected chi connectivity index (χ0v) is 15.6. The summed E-state index contributed by atoms with van der Waals surface area (Å²) in [5.41, 5.74) is 1.82. The van der Waals surface area contributed by atoms with Crippen molar-refractivity contribution in [2.45, 2.75) is 18.9 Å². The van der Waals surface area contributed by atoms with E-state index in [-0.39, 0.29) is 17.8 Å². The first-order valence-corrected chi connectivity index (χ1v) is 9.27. The van der Waals surface area contributed by atoms with Crippen molar-refractivity contribution in [3.63, 3.8) is 0 Å². The molecule has 25 heavy (non-hydrogen) atoms. The highest BCUT2D eigenvalue weighted by Gasteiger charge is 2.34. The van der Waals surface area contributed by atoms with Gasteiger partial charge in [-0.05, 0) is 17.5 Å². The molecule has 132 valence electrons. The molecular formula is C18H19ClN2O3S. The molecule has 0 saturated carbocycles. The van der Waals surface area contributed by atoms with Gasteiger partial charge in [0.2, 0.25) is 0 Å². The molecule has 1 atom stereocenters. The maximum atomic E-state index is 12.3. The average molecular weight is 379 g/mol. The third-order valence-electron chi connectivity index (χ3n) is 4.09. The van der Waals surface area contributed by atoms with Crippen LogP contribution in [0.2, 0.25) is 0 Å². The molecular weight excluding hydrogens is 360 g/mol. The van der Waals surface area contributed by atoms with Crippen molar-refractivity contribution in [1.29, 1.82) is 0 Å². The molecule has 0 fully saturated rings. The molecule has 5 nitrogen and oxygen atoms in total. The summed E-state index contributed by atoms with van der Waals surface area (Å²) in [5, 5.41) is 8.06. The van der Waals surface area contributed by atoms with Gasteiger partial charge in [-0.25, -0.2) is 5.01 Å². The van der Waals surface area contributed by atoms with Crippen LogP contribution in [0.1, 0.15) is 22.9 Å². The van der Waals surface area contributed by atoms with Gasteiger partial charge < -0.3 is 9.47 Å². The monoisotopic (exact) mass is 378 g/mol. The van der Waals surface area contributed by atoms with E-state index in [9.17, 15) is 4.79 Å². The van der Waals surface area contributed by atoms with Crippen molar-refractivity contribution in [3.8, 4) is 11.5 Å². The Kier molecular flexibility index (Phi) is 5.60. The molecule has 0 bridgehead atoms. The number of alkyl halides is 1. The fraction of sp³-hybridized carbons (Fsp3) is 0.333. The fourth-order valence-electron chi connectivity index (χ4n) is 3.00. The number of carbonyl (C=O) groups excluding carboxylic acids is 1. The number of carbonyl (C=O) groups is 1. The van der Waals surface area contributed by atoms with Gasteiger partial charge in [0.05, 0.1) is 20.3 Å². The Bertz CT molecular complexity index is 777. The molecule has 0 spiro atoms. The molecule has 1 amide bonds. The number of ether oxygens (including phenoxy) is 2. The molecule has 0 saturated heterocycles. The van der Waals surface area contributed by atoms with E-state index in [4.69, 9.17) is 21.1 Å². The van der Waals surface area contributed by atoms with Gasteiger partial charge in [-0.3, -0.25) is 4.79 Å². The third kappa shape index (κ3) is 3.65. The molecule has 2 aromatic rings. The third-order valence-corrected chi connectivity index (χ3v) is 5.20. The van der Waals surface area contributed by atoms with E-state index >= 15 is 0 Å². The van der Waals surface area contributed by atoms with Crippen LogP contribution in [0, 0.1) is 0 Å². The zero-order chi connectivity index (χ0) is 17.8. The molecule has 0 radical (unpaired) electrons. The summed E-state index contributed by atoms with van der Waals surface area (Å²) in [6.45, 7) is 0. The summed E-state index contributed by atoms with van der Waals surface area (Å²) in [6.07, 6.45) is 1.37. The maximum Gasteiger partial charge on any atom is 0.258 e. The Balaban J connectivity index is 1.94. The SMILES string of the molecule is COc1cccc([C@@H]2CC(Cc3cccs3)=NN2C(=O)CCl)c1OC. The van der Waals surface area contributed by atoms with Gasteiger partial charge in [-0.1, -0.05) is 18.2 Å². The lowest BCUT2D eigenvalue weighted by atomic mass is 9.99. The standard InChI is InChI=1S/C18H19ClN2O3S/c1-23-16-7-3-6-14(18(16)24-2)15-10-12(9-13-5-4-8-25-13)20-21(15)17(22)11-19/h3-8,15H,9-11H2,1-2H3/t15-/m0/s1. The van der Waals surface area contributed by atoms with E-state index < -0.39 is 0 Å². The van der Waals surface area contributed by atoms with E-state index in [0.717, 1.165) is 17.7 Å². The van der Waals surface area contributed by atoms with Gasteiger partial charge in [0.1, 0.15) is 5.88 Å². The summed E-state index contributed by atoms with van der Waals surface area (Å²) >= 11 is 7.47. The lowest BCUT2D eigenvalue weighted by Gasteiger charge is -2.23. The molecule has 2 heterocycles. The number of rotatable bonds is 6. The molecule has 1 aromatic carbocycles. The van der Waals surface area contributed by atoms with Crippen LogP contribution in [0.3, 0.4) is 0 Å². The van der Waals surface area contributed by atoms with Crippen LogP contribution in [0.25, 0.3) is 0 Å². The first kappa shape index (κ1) is 17.8. The van der Waals surface area contributed by atoms with Gasteiger partial charge in [-0.15, -0.1) is 22.9 Å². The Morgan fingerprint density at radius 3 is 2.80 bits per heavy atom. The first-order valence-electron chi connectivity index (χ1n) is 7.85. The van der Waals surface area contributed by atoms with Crippen LogP contribution >= 0.6 is 22.9 Å². The van der Waals surface area contributed by atoms with Crippen molar-refractivity contribution >= 4 is 34.6 Å². The van der Waals surface area contributed by atoms with E-state index in [1.807, 2.05) is 29.6 Å². The zero-order valence-electron chi connectivity index (χ0n) is 14.1. The number of methoxy groups -OCH3 is 2. The van der Waals surface area contributed by atoms with Crippen LogP contribution in [-0.2, 0) is 11.2 Å². The normalized spacial score (nSPS) is 16.7. The lowest BCUT2D eigenvalue weighted by molar-refractivity contribution is -0.130. The van der Waals surface area contributed by atoms with E-state index in [1.54, 1.807) is 25.6 Å². The summed E-state index contributed by atoms with van der Waals surface area (Å²) in [7, 11) is 3.19. The molecule has 1 aliphatic rings. The number of hydrazone groups is 1. The minimum atomic E-state index is -0.244. The number of benzene rings is 1. The van der Waals surface area contributed by atoms with Crippen LogP contribution in [0.15, 0.2) is 40.8 Å². The van der Waals surface area contributed by atoms with E-state index in [0.29, 0.717) is 17.9 Å². The van der Waals surface area contributed by atoms with Crippen LogP contribution < -0.4 is 9.47 Å². The molecule has 7 heteroatoms. The van der Waals surface area contributed by atoms with Crippen molar-refractivity contribution in [3.05, 3.63) is 46.2 Å². The molecule has 0 N–H and O–H groups in total. The lowest BCUT2D eigenvalue weighted by Crippen LogP contribution is -2.28. The second-order valence-corrected chi connectivity index (χ2v) is 6.90. The smallest absolute Gasteiger partial charge is 0.258 e. The number of nitrogens with zero attached hydrogens (tertiary/aromatic N) is 2. The minimum Gasteiger partial charge on any atom is -0.493 e. The number of halogens is 1. The molecule has 1 aliphatic heterocycles. The van der Waals surface area contributed by atoms with Gasteiger partial charge in [0.15, 0.2) is 11.5 Å². The quantitative estimate of drug-likeness (QED) is 0.717. The summed E-state index contributed by atoms with van der Waals surface area (Å²) in [5.74, 6) is 0.913. The Labute approximate surface area is 155 Å². The van der Waals surface area contributed by atoms with Gasteiger partial charge in [0.25, 0.3) is 5.91 Å². The topological polar surface area (TPSA) is 51.1 Å². The Morgan fingerprint density at radius 1 is 1.32 bits per heavy atom. The predicted molar refractivity (Wildman–Crippen MR) is 99.9 cm³/mol. The van der Waals surface area contributed by atoms with Gasteiger partial charge >= 0.3 is 0 Å². The molecule has 0 aliphatic carbocycles. The van der Waals surface area contributed by atoms with Crippen LogP contribution in [0.4, 0.5) is 0 Å². The molecule has 3 rings (SSSR count). The fourth-order valence-corrected chi connectivity index (χ4v) is 3.86. The van der Waals surface area contributed by atoms with Gasteiger partial charge in [-0.2, -0.15) is 5.10 Å². The van der Waals surface area contributed by atoms with Gasteiger partial charge in [0, 0.05) is 29.0 Å². The highest BCUT2D eigenvalue weighted by Crippen LogP contribution is 2.41. The Morgan fingerprint density at radius 2 is 2.16 bits per heavy atom. The van der Waals surface area contributed by atoms with Crippen LogP contribution in [0.5, 0.6) is 11.5 Å². The van der Waals surface area contributed by atoms with Crippen molar-refractivity contribution in [2.24, 2.45) is 5.10 Å².